The Kier molecular flexibility index (Phi) is 8.37. The molecule has 1 heterocycles. The van der Waals surface area contributed by atoms with E-state index < -0.39 is 29.6 Å². The van der Waals surface area contributed by atoms with Gasteiger partial charge in [0.25, 0.3) is 0 Å². The Morgan fingerprint density at radius 3 is 2.53 bits per heavy atom. The van der Waals surface area contributed by atoms with Crippen molar-refractivity contribution >= 4 is 23.4 Å². The van der Waals surface area contributed by atoms with Crippen molar-refractivity contribution in [3.63, 3.8) is 0 Å². The molecule has 1 atom stereocenters. The number of nitrogens with zero attached hydrogens (tertiary/aromatic N) is 1. The maximum Gasteiger partial charge on any atom is 0.317 e. The molecule has 0 bridgehead atoms. The molecule has 9 nitrogen and oxygen atoms in total. The molecular formula is C26H30FN3O6. The average molecular weight is 500 g/mol. The smallest absolute Gasteiger partial charge is 0.317 e. The second kappa shape index (κ2) is 11.9. The molecule has 0 saturated heterocycles. The Morgan fingerprint density at radius 1 is 1.08 bits per heavy atom. The van der Waals surface area contributed by atoms with E-state index in [1.54, 1.807) is 18.2 Å². The lowest BCUT2D eigenvalue weighted by molar-refractivity contribution is -0.139. The Balaban J connectivity index is 1.76. The lowest BCUT2D eigenvalue weighted by Gasteiger charge is -2.32. The number of nitrogens with one attached hydrogen (secondary N) is 2. The van der Waals surface area contributed by atoms with E-state index in [1.807, 2.05) is 0 Å². The maximum atomic E-state index is 15.0. The van der Waals surface area contributed by atoms with Crippen molar-refractivity contribution in [1.82, 2.24) is 10.6 Å². The predicted octanol–water partition coefficient (Wildman–Crippen LogP) is 2.49. The highest BCUT2D eigenvalue weighted by Crippen LogP contribution is 2.37. The van der Waals surface area contributed by atoms with Crippen molar-refractivity contribution < 1.29 is 33.0 Å². The van der Waals surface area contributed by atoms with Gasteiger partial charge >= 0.3 is 11.8 Å². The van der Waals surface area contributed by atoms with Crippen LogP contribution in [0.4, 0.5) is 10.1 Å². The number of rotatable bonds is 8. The van der Waals surface area contributed by atoms with Crippen molar-refractivity contribution in [1.29, 1.82) is 0 Å². The molecule has 36 heavy (non-hydrogen) atoms. The zero-order valence-electron chi connectivity index (χ0n) is 20.1. The van der Waals surface area contributed by atoms with Crippen LogP contribution in [-0.4, -0.2) is 57.2 Å². The first-order valence-electron chi connectivity index (χ1n) is 12.0. The van der Waals surface area contributed by atoms with Crippen LogP contribution in [0.5, 0.6) is 11.5 Å². The summed E-state index contributed by atoms with van der Waals surface area (Å²) >= 11 is 0. The number of methoxy groups -OCH3 is 1. The van der Waals surface area contributed by atoms with Crippen molar-refractivity contribution in [3.05, 3.63) is 53.8 Å². The Hall–Kier alpha value is -3.66. The molecule has 4 rings (SSSR count). The summed E-state index contributed by atoms with van der Waals surface area (Å²) in [6.07, 6.45) is 3.48. The monoisotopic (exact) mass is 499 g/mol. The second-order valence-corrected chi connectivity index (χ2v) is 8.67. The minimum absolute atomic E-state index is 0.0516. The minimum atomic E-state index is -1.47. The summed E-state index contributed by atoms with van der Waals surface area (Å²) in [7, 11) is 1.48. The third kappa shape index (κ3) is 5.76. The average Bonchev–Trinajstić information content (AvgIpc) is 3.40. The molecule has 2 aromatic carbocycles. The number of hydrogen-bond acceptors (Lipinski definition) is 6. The summed E-state index contributed by atoms with van der Waals surface area (Å²) in [5.41, 5.74) is 0.144. The molecule has 10 heteroatoms. The lowest BCUT2D eigenvalue weighted by atomic mass is 10.0. The molecule has 0 radical (unpaired) electrons. The fourth-order valence-electron chi connectivity index (χ4n) is 4.46. The molecular weight excluding hydrogens is 469 g/mol. The number of anilines is 1. The standard InChI is InChI=1S/C26H30FN3O6/c1-34-13-12-28-24(31)23(19-8-4-5-9-20(19)27)30(26(33)25(32)29-17-6-2-3-7-17)18-10-11-21-22(16-18)36-15-14-35-21/h4-5,8-11,16-17,23H,2-3,6-7,12-15H2,1H3,(H,28,31)(H,29,32)/t23-/m1/s1. The van der Waals surface area contributed by atoms with E-state index in [1.165, 1.54) is 31.4 Å². The molecule has 2 aliphatic rings. The molecule has 1 saturated carbocycles. The van der Waals surface area contributed by atoms with E-state index in [0.717, 1.165) is 30.6 Å². The van der Waals surface area contributed by atoms with Gasteiger partial charge in [-0.15, -0.1) is 0 Å². The predicted molar refractivity (Wildman–Crippen MR) is 129 cm³/mol. The van der Waals surface area contributed by atoms with Crippen LogP contribution >= 0.6 is 0 Å². The van der Waals surface area contributed by atoms with E-state index in [-0.39, 0.29) is 30.4 Å². The molecule has 1 fully saturated rings. The third-order valence-corrected chi connectivity index (χ3v) is 6.22. The minimum Gasteiger partial charge on any atom is -0.486 e. The molecule has 0 aromatic heterocycles. The fraction of sp³-hybridized carbons (Fsp3) is 0.423. The number of amides is 3. The van der Waals surface area contributed by atoms with E-state index in [4.69, 9.17) is 14.2 Å². The number of hydrogen-bond donors (Lipinski definition) is 2. The topological polar surface area (TPSA) is 106 Å². The van der Waals surface area contributed by atoms with Crippen LogP contribution in [0, 0.1) is 5.82 Å². The number of halogens is 1. The molecule has 2 N–H and O–H groups in total. The van der Waals surface area contributed by atoms with Crippen LogP contribution in [0.2, 0.25) is 0 Å². The number of carbonyl (C=O) groups excluding carboxylic acids is 3. The highest BCUT2D eigenvalue weighted by molar-refractivity contribution is 6.41. The van der Waals surface area contributed by atoms with E-state index in [9.17, 15) is 14.4 Å². The van der Waals surface area contributed by atoms with Crippen LogP contribution in [0.15, 0.2) is 42.5 Å². The number of carbonyl (C=O) groups is 3. The second-order valence-electron chi connectivity index (χ2n) is 8.67. The summed E-state index contributed by atoms with van der Waals surface area (Å²) in [6, 6.07) is 8.76. The van der Waals surface area contributed by atoms with Crippen molar-refractivity contribution in [2.75, 3.05) is 38.4 Å². The molecule has 1 aliphatic carbocycles. The van der Waals surface area contributed by atoms with Gasteiger partial charge in [0.05, 0.1) is 6.61 Å². The summed E-state index contributed by atoms with van der Waals surface area (Å²) in [4.78, 5) is 41.2. The first-order chi connectivity index (χ1) is 17.5. The van der Waals surface area contributed by atoms with Gasteiger partial charge in [0.2, 0.25) is 5.91 Å². The third-order valence-electron chi connectivity index (χ3n) is 6.22. The Labute approximate surface area is 208 Å². The molecule has 192 valence electrons. The van der Waals surface area contributed by atoms with Gasteiger partial charge < -0.3 is 24.8 Å². The highest BCUT2D eigenvalue weighted by atomic mass is 19.1. The molecule has 2 aromatic rings. The molecule has 0 unspecified atom stereocenters. The van der Waals surface area contributed by atoms with Gasteiger partial charge in [-0.05, 0) is 31.0 Å². The van der Waals surface area contributed by atoms with Gasteiger partial charge in [0.15, 0.2) is 11.5 Å². The lowest BCUT2D eigenvalue weighted by Crippen LogP contribution is -2.51. The van der Waals surface area contributed by atoms with E-state index in [2.05, 4.69) is 10.6 Å². The summed E-state index contributed by atoms with van der Waals surface area (Å²) in [5.74, 6) is -2.35. The first-order valence-corrected chi connectivity index (χ1v) is 12.0. The van der Waals surface area contributed by atoms with Gasteiger partial charge in [-0.2, -0.15) is 0 Å². The highest BCUT2D eigenvalue weighted by Gasteiger charge is 2.38. The van der Waals surface area contributed by atoms with Crippen LogP contribution in [0.3, 0.4) is 0 Å². The number of ether oxygens (including phenoxy) is 3. The van der Waals surface area contributed by atoms with Crippen LogP contribution in [-0.2, 0) is 19.1 Å². The van der Waals surface area contributed by atoms with Crippen molar-refractivity contribution in [2.45, 2.75) is 37.8 Å². The van der Waals surface area contributed by atoms with Gasteiger partial charge in [0, 0.05) is 37.0 Å². The maximum absolute atomic E-state index is 15.0. The van der Waals surface area contributed by atoms with E-state index >= 15 is 4.39 Å². The summed E-state index contributed by atoms with van der Waals surface area (Å²) < 4.78 is 31.3. The quantitative estimate of drug-likeness (QED) is 0.427. The van der Waals surface area contributed by atoms with Crippen molar-refractivity contribution in [3.8, 4) is 11.5 Å². The Morgan fingerprint density at radius 2 is 1.81 bits per heavy atom. The van der Waals surface area contributed by atoms with Gasteiger partial charge in [0.1, 0.15) is 25.1 Å². The normalized spacial score (nSPS) is 15.7. The summed E-state index contributed by atoms with van der Waals surface area (Å²) in [6.45, 7) is 1.03. The van der Waals surface area contributed by atoms with Gasteiger partial charge in [-0.1, -0.05) is 31.0 Å². The van der Waals surface area contributed by atoms with Gasteiger partial charge in [-0.3, -0.25) is 19.3 Å². The summed E-state index contributed by atoms with van der Waals surface area (Å²) in [5, 5.41) is 5.45. The van der Waals surface area contributed by atoms with Crippen LogP contribution in [0.1, 0.15) is 37.3 Å². The molecule has 1 aliphatic heterocycles. The fourth-order valence-corrected chi connectivity index (χ4v) is 4.46. The number of fused-ring (bicyclic) bond motifs is 1. The first kappa shape index (κ1) is 25.4. The van der Waals surface area contributed by atoms with Crippen molar-refractivity contribution in [2.24, 2.45) is 0 Å². The Bertz CT molecular complexity index is 1100. The molecule has 3 amide bonds. The SMILES string of the molecule is COCCNC(=O)[C@@H](c1ccccc1F)N(C(=O)C(=O)NC1CCCC1)c1ccc2c(c1)OCCO2. The largest absolute Gasteiger partial charge is 0.486 e. The molecule has 0 spiro atoms. The zero-order valence-corrected chi connectivity index (χ0v) is 20.1. The van der Waals surface area contributed by atoms with E-state index in [0.29, 0.717) is 24.7 Å². The zero-order chi connectivity index (χ0) is 25.5. The number of benzene rings is 2. The van der Waals surface area contributed by atoms with Gasteiger partial charge in [-0.25, -0.2) is 4.39 Å². The van der Waals surface area contributed by atoms with Crippen LogP contribution < -0.4 is 25.0 Å². The van der Waals surface area contributed by atoms with Crippen LogP contribution in [0.25, 0.3) is 0 Å².